The highest BCUT2D eigenvalue weighted by molar-refractivity contribution is 4.95. The van der Waals surface area contributed by atoms with E-state index in [2.05, 4.69) is 17.1 Å². The van der Waals surface area contributed by atoms with Crippen LogP contribution in [-0.2, 0) is 0 Å². The Kier molecular flexibility index (Phi) is 4.22. The predicted molar refractivity (Wildman–Crippen MR) is 66.5 cm³/mol. The first-order valence-electron chi connectivity index (χ1n) is 6.84. The van der Waals surface area contributed by atoms with E-state index in [0.717, 1.165) is 6.54 Å². The van der Waals surface area contributed by atoms with E-state index < -0.39 is 0 Å². The zero-order chi connectivity index (χ0) is 11.4. The SMILES string of the molecule is CCN1CCCC(NCC2(CO)CC2)CC1. The van der Waals surface area contributed by atoms with Crippen molar-refractivity contribution in [3.05, 3.63) is 0 Å². The molecule has 0 radical (unpaired) electrons. The first-order chi connectivity index (χ1) is 7.78. The minimum absolute atomic E-state index is 0.261. The van der Waals surface area contributed by atoms with Gasteiger partial charge in [-0.15, -0.1) is 0 Å². The van der Waals surface area contributed by atoms with E-state index in [1.54, 1.807) is 0 Å². The molecule has 1 atom stereocenters. The van der Waals surface area contributed by atoms with Crippen LogP contribution in [0.2, 0.25) is 0 Å². The number of aliphatic hydroxyl groups is 1. The van der Waals surface area contributed by atoms with E-state index >= 15 is 0 Å². The van der Waals surface area contributed by atoms with Crippen molar-refractivity contribution in [2.45, 2.75) is 45.1 Å². The maximum Gasteiger partial charge on any atom is 0.0499 e. The molecule has 1 unspecified atom stereocenters. The summed E-state index contributed by atoms with van der Waals surface area (Å²) in [6.45, 7) is 7.33. The minimum Gasteiger partial charge on any atom is -0.396 e. The van der Waals surface area contributed by atoms with Crippen molar-refractivity contribution >= 4 is 0 Å². The summed E-state index contributed by atoms with van der Waals surface area (Å²) in [6.07, 6.45) is 6.32. The van der Waals surface area contributed by atoms with Gasteiger partial charge < -0.3 is 15.3 Å². The zero-order valence-corrected chi connectivity index (χ0v) is 10.5. The number of nitrogens with zero attached hydrogens (tertiary/aromatic N) is 1. The molecule has 0 bridgehead atoms. The number of nitrogens with one attached hydrogen (secondary N) is 1. The smallest absolute Gasteiger partial charge is 0.0499 e. The third kappa shape index (κ3) is 3.19. The Balaban J connectivity index is 1.69. The second-order valence-electron chi connectivity index (χ2n) is 5.60. The molecule has 1 saturated carbocycles. The maximum absolute atomic E-state index is 9.27. The molecule has 3 heteroatoms. The summed E-state index contributed by atoms with van der Waals surface area (Å²) >= 11 is 0. The van der Waals surface area contributed by atoms with Crippen LogP contribution in [-0.4, -0.2) is 48.8 Å². The van der Waals surface area contributed by atoms with Crippen LogP contribution in [0.15, 0.2) is 0 Å². The van der Waals surface area contributed by atoms with Crippen LogP contribution in [0.1, 0.15) is 39.0 Å². The van der Waals surface area contributed by atoms with Gasteiger partial charge in [-0.1, -0.05) is 6.92 Å². The van der Waals surface area contributed by atoms with Crippen LogP contribution in [0, 0.1) is 5.41 Å². The number of likely N-dealkylation sites (tertiary alicyclic amines) is 1. The van der Waals surface area contributed by atoms with E-state index in [1.807, 2.05) is 0 Å². The average Bonchev–Trinajstić information content (AvgIpc) is 3.11. The molecule has 16 heavy (non-hydrogen) atoms. The number of hydrogen-bond donors (Lipinski definition) is 2. The summed E-state index contributed by atoms with van der Waals surface area (Å²) in [5.41, 5.74) is 0.261. The second-order valence-corrected chi connectivity index (χ2v) is 5.60. The molecule has 2 aliphatic rings. The molecule has 0 spiro atoms. The molecular formula is C13H26N2O. The summed E-state index contributed by atoms with van der Waals surface area (Å²) in [6, 6.07) is 0.681. The molecule has 3 nitrogen and oxygen atoms in total. The van der Waals surface area contributed by atoms with Gasteiger partial charge in [0.25, 0.3) is 0 Å². The molecule has 0 aromatic carbocycles. The van der Waals surface area contributed by atoms with Crippen LogP contribution in [0.4, 0.5) is 0 Å². The quantitative estimate of drug-likeness (QED) is 0.740. The van der Waals surface area contributed by atoms with Crippen molar-refractivity contribution in [1.29, 1.82) is 0 Å². The van der Waals surface area contributed by atoms with Gasteiger partial charge in [0.2, 0.25) is 0 Å². The molecule has 1 heterocycles. The number of rotatable bonds is 5. The highest BCUT2D eigenvalue weighted by atomic mass is 16.3. The summed E-state index contributed by atoms with van der Waals surface area (Å²) < 4.78 is 0. The van der Waals surface area contributed by atoms with Crippen LogP contribution in [0.3, 0.4) is 0 Å². The van der Waals surface area contributed by atoms with Gasteiger partial charge >= 0.3 is 0 Å². The van der Waals surface area contributed by atoms with Crippen LogP contribution < -0.4 is 5.32 Å². The summed E-state index contributed by atoms with van der Waals surface area (Å²) in [7, 11) is 0. The maximum atomic E-state index is 9.27. The fourth-order valence-corrected chi connectivity index (χ4v) is 2.60. The second kappa shape index (κ2) is 5.48. The molecule has 2 rings (SSSR count). The van der Waals surface area contributed by atoms with E-state index in [9.17, 15) is 5.11 Å². The van der Waals surface area contributed by atoms with E-state index in [-0.39, 0.29) is 5.41 Å². The van der Waals surface area contributed by atoms with E-state index in [4.69, 9.17) is 0 Å². The van der Waals surface area contributed by atoms with Gasteiger partial charge in [-0.3, -0.25) is 0 Å². The largest absolute Gasteiger partial charge is 0.396 e. The van der Waals surface area contributed by atoms with Gasteiger partial charge in [-0.05, 0) is 51.7 Å². The normalized spacial score (nSPS) is 30.0. The molecular weight excluding hydrogens is 200 g/mol. The topological polar surface area (TPSA) is 35.5 Å². The van der Waals surface area contributed by atoms with Gasteiger partial charge in [0.05, 0.1) is 0 Å². The molecule has 0 aromatic rings. The summed E-state index contributed by atoms with van der Waals surface area (Å²) in [4.78, 5) is 2.54. The Bertz CT molecular complexity index is 216. The molecule has 0 aromatic heterocycles. The summed E-state index contributed by atoms with van der Waals surface area (Å²) in [5, 5.41) is 12.9. The predicted octanol–water partition coefficient (Wildman–Crippen LogP) is 1.22. The van der Waals surface area contributed by atoms with Crippen molar-refractivity contribution in [2.75, 3.05) is 32.8 Å². The highest BCUT2D eigenvalue weighted by Gasteiger charge is 2.41. The van der Waals surface area contributed by atoms with Gasteiger partial charge in [-0.2, -0.15) is 0 Å². The molecule has 2 N–H and O–H groups in total. The van der Waals surface area contributed by atoms with Crippen molar-refractivity contribution in [2.24, 2.45) is 5.41 Å². The van der Waals surface area contributed by atoms with Crippen molar-refractivity contribution in [3.8, 4) is 0 Å². The number of hydrogen-bond acceptors (Lipinski definition) is 3. The van der Waals surface area contributed by atoms with E-state index in [1.165, 1.54) is 51.7 Å². The third-order valence-corrected chi connectivity index (χ3v) is 4.33. The third-order valence-electron chi connectivity index (χ3n) is 4.33. The van der Waals surface area contributed by atoms with Gasteiger partial charge in [-0.25, -0.2) is 0 Å². The van der Waals surface area contributed by atoms with E-state index in [0.29, 0.717) is 12.6 Å². The molecule has 94 valence electrons. The summed E-state index contributed by atoms with van der Waals surface area (Å²) in [5.74, 6) is 0. The Morgan fingerprint density at radius 3 is 2.75 bits per heavy atom. The molecule has 2 fully saturated rings. The zero-order valence-electron chi connectivity index (χ0n) is 10.5. The first-order valence-corrected chi connectivity index (χ1v) is 6.84. The molecule has 1 aliphatic heterocycles. The van der Waals surface area contributed by atoms with Crippen LogP contribution >= 0.6 is 0 Å². The lowest BCUT2D eigenvalue weighted by molar-refractivity contribution is 0.202. The van der Waals surface area contributed by atoms with Crippen LogP contribution in [0.5, 0.6) is 0 Å². The lowest BCUT2D eigenvalue weighted by Crippen LogP contribution is -2.36. The first kappa shape index (κ1) is 12.3. The highest BCUT2D eigenvalue weighted by Crippen LogP contribution is 2.44. The monoisotopic (exact) mass is 226 g/mol. The Hall–Kier alpha value is -0.120. The average molecular weight is 226 g/mol. The van der Waals surface area contributed by atoms with Crippen molar-refractivity contribution in [1.82, 2.24) is 10.2 Å². The molecule has 1 aliphatic carbocycles. The lowest BCUT2D eigenvalue weighted by atomic mass is 10.1. The fraction of sp³-hybridized carbons (Fsp3) is 1.00. The molecule has 1 saturated heterocycles. The van der Waals surface area contributed by atoms with Gasteiger partial charge in [0.15, 0.2) is 0 Å². The minimum atomic E-state index is 0.261. The van der Waals surface area contributed by atoms with Gasteiger partial charge in [0, 0.05) is 24.6 Å². The van der Waals surface area contributed by atoms with Gasteiger partial charge in [0.1, 0.15) is 0 Å². The Morgan fingerprint density at radius 1 is 1.31 bits per heavy atom. The van der Waals surface area contributed by atoms with Crippen molar-refractivity contribution < 1.29 is 5.11 Å². The fourth-order valence-electron chi connectivity index (χ4n) is 2.60. The number of aliphatic hydroxyl groups excluding tert-OH is 1. The lowest BCUT2D eigenvalue weighted by Gasteiger charge is -2.21. The van der Waals surface area contributed by atoms with Crippen LogP contribution in [0.25, 0.3) is 0 Å². The molecule has 0 amide bonds. The Labute approximate surface area is 99.2 Å². The standard InChI is InChI=1S/C13H26N2O/c1-2-15-8-3-4-12(5-9-15)14-10-13(11-16)6-7-13/h12,14,16H,2-11H2,1H3. The Morgan fingerprint density at radius 2 is 2.12 bits per heavy atom. The van der Waals surface area contributed by atoms with Crippen molar-refractivity contribution in [3.63, 3.8) is 0 Å².